The van der Waals surface area contributed by atoms with Gasteiger partial charge in [0.25, 0.3) is 0 Å². The van der Waals surface area contributed by atoms with Gasteiger partial charge in [0.15, 0.2) is 0 Å². The van der Waals surface area contributed by atoms with E-state index in [1.165, 1.54) is 11.1 Å². The fourth-order valence-corrected chi connectivity index (χ4v) is 1.34. The van der Waals surface area contributed by atoms with E-state index < -0.39 is 0 Å². The van der Waals surface area contributed by atoms with E-state index in [9.17, 15) is 0 Å². The largest absolute Gasteiger partial charge is 0.271 e. The van der Waals surface area contributed by atoms with Crippen LogP contribution in [0.1, 0.15) is 30.5 Å². The summed E-state index contributed by atoms with van der Waals surface area (Å²) in [6.45, 7) is 4.21. The molecule has 0 spiro atoms. The predicted molar refractivity (Wildman–Crippen MR) is 51.5 cm³/mol. The maximum absolute atomic E-state index is 5.42. The summed E-state index contributed by atoms with van der Waals surface area (Å²) in [6, 6.07) is 8.69. The van der Waals surface area contributed by atoms with Crippen molar-refractivity contribution < 1.29 is 0 Å². The summed E-state index contributed by atoms with van der Waals surface area (Å²) in [7, 11) is 0. The zero-order chi connectivity index (χ0) is 8.97. The van der Waals surface area contributed by atoms with Gasteiger partial charge in [-0.2, -0.15) is 0 Å². The second kappa shape index (κ2) is 4.24. The van der Waals surface area contributed by atoms with Crippen molar-refractivity contribution in [1.82, 2.24) is 5.43 Å². The summed E-state index contributed by atoms with van der Waals surface area (Å²) >= 11 is 0. The van der Waals surface area contributed by atoms with Gasteiger partial charge in [0.2, 0.25) is 0 Å². The van der Waals surface area contributed by atoms with Crippen molar-refractivity contribution >= 4 is 0 Å². The average molecular weight is 164 g/mol. The minimum Gasteiger partial charge on any atom is -0.271 e. The highest BCUT2D eigenvalue weighted by atomic mass is 15.2. The van der Waals surface area contributed by atoms with Crippen molar-refractivity contribution in [3.8, 4) is 0 Å². The van der Waals surface area contributed by atoms with Crippen molar-refractivity contribution in [2.24, 2.45) is 5.84 Å². The third kappa shape index (κ3) is 2.06. The molecule has 0 saturated carbocycles. The normalized spacial score (nSPS) is 12.9. The number of rotatable bonds is 3. The van der Waals surface area contributed by atoms with Crippen LogP contribution in [0, 0.1) is 6.92 Å². The Hall–Kier alpha value is -0.860. The van der Waals surface area contributed by atoms with E-state index in [0.717, 1.165) is 6.42 Å². The van der Waals surface area contributed by atoms with Crippen molar-refractivity contribution in [3.63, 3.8) is 0 Å². The summed E-state index contributed by atoms with van der Waals surface area (Å²) in [5, 5.41) is 0. The highest BCUT2D eigenvalue weighted by molar-refractivity contribution is 5.24. The van der Waals surface area contributed by atoms with Crippen molar-refractivity contribution in [3.05, 3.63) is 35.4 Å². The van der Waals surface area contributed by atoms with E-state index in [1.807, 2.05) is 0 Å². The first kappa shape index (κ1) is 9.23. The van der Waals surface area contributed by atoms with Gasteiger partial charge in [-0.15, -0.1) is 0 Å². The Balaban J connectivity index is 2.85. The number of nitrogens with two attached hydrogens (primary N) is 1. The second-order valence-electron chi connectivity index (χ2n) is 3.04. The molecule has 1 atom stereocenters. The molecule has 2 nitrogen and oxygen atoms in total. The third-order valence-electron chi connectivity index (χ3n) is 2.05. The Morgan fingerprint density at radius 2 is 2.25 bits per heavy atom. The predicted octanol–water partition coefficient (Wildman–Crippen LogP) is 1.91. The quantitative estimate of drug-likeness (QED) is 0.529. The number of benzene rings is 1. The molecule has 0 unspecified atom stereocenters. The monoisotopic (exact) mass is 164 g/mol. The lowest BCUT2D eigenvalue weighted by Crippen LogP contribution is -2.27. The van der Waals surface area contributed by atoms with Crippen LogP contribution < -0.4 is 11.3 Å². The highest BCUT2D eigenvalue weighted by Crippen LogP contribution is 2.15. The fourth-order valence-electron chi connectivity index (χ4n) is 1.34. The van der Waals surface area contributed by atoms with Crippen molar-refractivity contribution in [2.45, 2.75) is 26.3 Å². The molecule has 0 amide bonds. The van der Waals surface area contributed by atoms with Gasteiger partial charge in [-0.3, -0.25) is 11.3 Å². The summed E-state index contributed by atoms with van der Waals surface area (Å²) in [4.78, 5) is 0. The van der Waals surface area contributed by atoms with Crippen LogP contribution in [0.3, 0.4) is 0 Å². The molecule has 12 heavy (non-hydrogen) atoms. The zero-order valence-corrected chi connectivity index (χ0v) is 7.67. The molecule has 2 heteroatoms. The number of hydrogen-bond donors (Lipinski definition) is 2. The molecule has 0 fully saturated rings. The molecule has 1 aromatic carbocycles. The number of hydrogen-bond acceptors (Lipinski definition) is 2. The van der Waals surface area contributed by atoms with Gasteiger partial charge in [-0.05, 0) is 18.9 Å². The van der Waals surface area contributed by atoms with E-state index in [2.05, 4.69) is 43.5 Å². The molecule has 0 aliphatic carbocycles. The van der Waals surface area contributed by atoms with Crippen molar-refractivity contribution in [2.75, 3.05) is 0 Å². The molecule has 3 N–H and O–H groups in total. The zero-order valence-electron chi connectivity index (χ0n) is 7.67. The molecule has 0 bridgehead atoms. The van der Waals surface area contributed by atoms with E-state index >= 15 is 0 Å². The van der Waals surface area contributed by atoms with E-state index in [0.29, 0.717) is 0 Å². The van der Waals surface area contributed by atoms with E-state index in [4.69, 9.17) is 5.84 Å². The van der Waals surface area contributed by atoms with Crippen LogP contribution in [0.5, 0.6) is 0 Å². The summed E-state index contributed by atoms with van der Waals surface area (Å²) in [5.41, 5.74) is 5.34. The van der Waals surface area contributed by atoms with Crippen LogP contribution in [-0.4, -0.2) is 0 Å². The smallest absolute Gasteiger partial charge is 0.0457 e. The molecule has 0 aliphatic rings. The van der Waals surface area contributed by atoms with Gasteiger partial charge in [0.05, 0.1) is 0 Å². The molecule has 0 radical (unpaired) electrons. The SMILES string of the molecule is CC[C@H](NN)c1cccc(C)c1. The van der Waals surface area contributed by atoms with E-state index in [-0.39, 0.29) is 6.04 Å². The van der Waals surface area contributed by atoms with Gasteiger partial charge in [0.1, 0.15) is 0 Å². The fraction of sp³-hybridized carbons (Fsp3) is 0.400. The molecule has 0 heterocycles. The molecular formula is C10H16N2. The first-order valence-corrected chi connectivity index (χ1v) is 4.30. The average Bonchev–Trinajstić information content (AvgIpc) is 2.07. The van der Waals surface area contributed by atoms with Gasteiger partial charge < -0.3 is 0 Å². The Bertz CT molecular complexity index is 241. The minimum absolute atomic E-state index is 0.282. The summed E-state index contributed by atoms with van der Waals surface area (Å²) in [6.07, 6.45) is 1.01. The van der Waals surface area contributed by atoms with Crippen LogP contribution in [-0.2, 0) is 0 Å². The first-order chi connectivity index (χ1) is 5.77. The molecule has 66 valence electrons. The molecule has 1 aromatic rings. The molecule has 1 rings (SSSR count). The van der Waals surface area contributed by atoms with Crippen LogP contribution in [0.15, 0.2) is 24.3 Å². The summed E-state index contributed by atoms with van der Waals surface area (Å²) < 4.78 is 0. The maximum atomic E-state index is 5.42. The molecule has 0 aliphatic heterocycles. The lowest BCUT2D eigenvalue weighted by atomic mass is 10.0. The highest BCUT2D eigenvalue weighted by Gasteiger charge is 2.05. The van der Waals surface area contributed by atoms with Crippen LogP contribution in [0.4, 0.5) is 0 Å². The summed E-state index contributed by atoms with van der Waals surface area (Å²) in [5.74, 6) is 5.42. The Kier molecular flexibility index (Phi) is 3.26. The van der Waals surface area contributed by atoms with Gasteiger partial charge >= 0.3 is 0 Å². The van der Waals surface area contributed by atoms with Crippen molar-refractivity contribution in [1.29, 1.82) is 0 Å². The topological polar surface area (TPSA) is 38.0 Å². The molecule has 0 saturated heterocycles. The third-order valence-corrected chi connectivity index (χ3v) is 2.05. The van der Waals surface area contributed by atoms with Crippen LogP contribution >= 0.6 is 0 Å². The van der Waals surface area contributed by atoms with Crippen LogP contribution in [0.2, 0.25) is 0 Å². The Morgan fingerprint density at radius 3 is 2.75 bits per heavy atom. The van der Waals surface area contributed by atoms with E-state index in [1.54, 1.807) is 0 Å². The van der Waals surface area contributed by atoms with Crippen LogP contribution in [0.25, 0.3) is 0 Å². The van der Waals surface area contributed by atoms with Gasteiger partial charge in [0, 0.05) is 6.04 Å². The lowest BCUT2D eigenvalue weighted by Gasteiger charge is -2.13. The second-order valence-corrected chi connectivity index (χ2v) is 3.04. The number of aryl methyl sites for hydroxylation is 1. The first-order valence-electron chi connectivity index (χ1n) is 4.30. The molecule has 0 aromatic heterocycles. The Morgan fingerprint density at radius 1 is 1.50 bits per heavy atom. The molecular weight excluding hydrogens is 148 g/mol. The maximum Gasteiger partial charge on any atom is 0.0457 e. The minimum atomic E-state index is 0.282. The Labute approximate surface area is 73.8 Å². The van der Waals surface area contributed by atoms with Gasteiger partial charge in [-0.1, -0.05) is 36.8 Å². The number of hydrazine groups is 1. The van der Waals surface area contributed by atoms with Gasteiger partial charge in [-0.25, -0.2) is 0 Å². The standard InChI is InChI=1S/C10H16N2/c1-3-10(12-11)9-6-4-5-8(2)7-9/h4-7,10,12H,3,11H2,1-2H3/t10-/m0/s1. The number of nitrogens with one attached hydrogen (secondary N) is 1. The lowest BCUT2D eigenvalue weighted by molar-refractivity contribution is 0.539.